The summed E-state index contributed by atoms with van der Waals surface area (Å²) in [6, 6.07) is 2.38. The first-order valence-electron chi connectivity index (χ1n) is 5.70. The molecule has 0 aromatic heterocycles. The van der Waals surface area contributed by atoms with E-state index in [1.165, 1.54) is 19.9 Å². The molecule has 0 aliphatic carbocycles. The van der Waals surface area contributed by atoms with Crippen molar-refractivity contribution < 1.29 is 23.9 Å². The third-order valence-corrected chi connectivity index (χ3v) is 2.96. The number of hydrogen-bond acceptors (Lipinski definition) is 3. The summed E-state index contributed by atoms with van der Waals surface area (Å²) in [5.41, 5.74) is -0.328. The van der Waals surface area contributed by atoms with Gasteiger partial charge < -0.3 is 10.4 Å². The van der Waals surface area contributed by atoms with Gasteiger partial charge in [-0.1, -0.05) is 11.6 Å². The number of carboxylic acid groups (broad SMARTS) is 1. The highest BCUT2D eigenvalue weighted by Crippen LogP contribution is 2.22. The monoisotopic (exact) mass is 314 g/mol. The van der Waals surface area contributed by atoms with Crippen LogP contribution in [0.4, 0.5) is 14.9 Å². The van der Waals surface area contributed by atoms with Gasteiger partial charge in [0, 0.05) is 11.1 Å². The molecule has 0 aliphatic heterocycles. The molecule has 1 aromatic carbocycles. The number of rotatable bonds is 3. The molecule has 21 heavy (non-hydrogen) atoms. The first-order chi connectivity index (χ1) is 9.72. The van der Waals surface area contributed by atoms with Gasteiger partial charge in [-0.25, -0.2) is 14.0 Å². The first-order valence-corrected chi connectivity index (χ1v) is 6.08. The summed E-state index contributed by atoms with van der Waals surface area (Å²) in [6.07, 6.45) is 0. The van der Waals surface area contributed by atoms with Gasteiger partial charge in [0.2, 0.25) is 0 Å². The maximum atomic E-state index is 13.0. The number of amides is 3. The number of carbonyl (C=O) groups is 3. The molecule has 0 atom stereocenters. The van der Waals surface area contributed by atoms with E-state index in [2.05, 4.69) is 5.32 Å². The fourth-order valence-corrected chi connectivity index (χ4v) is 1.44. The lowest BCUT2D eigenvalue weighted by Gasteiger charge is -2.09. The highest BCUT2D eigenvalue weighted by molar-refractivity contribution is 6.33. The van der Waals surface area contributed by atoms with Crippen molar-refractivity contribution in [3.05, 3.63) is 40.2 Å². The van der Waals surface area contributed by atoms with Crippen molar-refractivity contribution >= 4 is 35.2 Å². The van der Waals surface area contributed by atoms with Crippen molar-refractivity contribution in [2.45, 2.75) is 13.8 Å². The lowest BCUT2D eigenvalue weighted by atomic mass is 10.1. The molecule has 0 aliphatic rings. The summed E-state index contributed by atoms with van der Waals surface area (Å²) in [6.45, 7) is 2.50. The lowest BCUT2D eigenvalue weighted by Crippen LogP contribution is -2.35. The highest BCUT2D eigenvalue weighted by Gasteiger charge is 2.16. The number of imide groups is 1. The SMILES string of the molecule is C/C(C(=O)O)=C(/C)C(=O)NC(=O)Nc1cc(F)ccc1Cl. The maximum Gasteiger partial charge on any atom is 0.331 e. The van der Waals surface area contributed by atoms with Crippen LogP contribution in [0.5, 0.6) is 0 Å². The quantitative estimate of drug-likeness (QED) is 0.747. The van der Waals surface area contributed by atoms with Crippen LogP contribution in [0.15, 0.2) is 29.3 Å². The zero-order valence-electron chi connectivity index (χ0n) is 11.2. The molecule has 0 heterocycles. The van der Waals surface area contributed by atoms with Crippen LogP contribution in [-0.2, 0) is 9.59 Å². The largest absolute Gasteiger partial charge is 0.478 e. The molecule has 3 N–H and O–H groups in total. The average Bonchev–Trinajstić information content (AvgIpc) is 2.40. The van der Waals surface area contributed by atoms with E-state index in [9.17, 15) is 18.8 Å². The summed E-state index contributed by atoms with van der Waals surface area (Å²) in [5.74, 6) is -2.75. The van der Waals surface area contributed by atoms with Crippen molar-refractivity contribution in [3.63, 3.8) is 0 Å². The third-order valence-electron chi connectivity index (χ3n) is 2.63. The summed E-state index contributed by atoms with van der Waals surface area (Å²) >= 11 is 5.75. The second-order valence-corrected chi connectivity index (χ2v) is 4.49. The molecule has 8 heteroatoms. The third kappa shape index (κ3) is 4.57. The fourth-order valence-electron chi connectivity index (χ4n) is 1.27. The van der Waals surface area contributed by atoms with E-state index in [-0.39, 0.29) is 21.9 Å². The number of hydrogen-bond donors (Lipinski definition) is 3. The van der Waals surface area contributed by atoms with E-state index in [1.807, 2.05) is 5.32 Å². The molecule has 0 bridgehead atoms. The van der Waals surface area contributed by atoms with Gasteiger partial charge in [-0.3, -0.25) is 10.1 Å². The predicted molar refractivity (Wildman–Crippen MR) is 74.6 cm³/mol. The Morgan fingerprint density at radius 1 is 1.19 bits per heavy atom. The highest BCUT2D eigenvalue weighted by atomic mass is 35.5. The van der Waals surface area contributed by atoms with Gasteiger partial charge in [-0.2, -0.15) is 0 Å². The Kier molecular flexibility index (Phi) is 5.43. The lowest BCUT2D eigenvalue weighted by molar-refractivity contribution is -0.133. The number of carbonyl (C=O) groups excluding carboxylic acids is 2. The Hall–Kier alpha value is -2.41. The zero-order valence-corrected chi connectivity index (χ0v) is 11.9. The van der Waals surface area contributed by atoms with Crippen molar-refractivity contribution in [2.24, 2.45) is 0 Å². The van der Waals surface area contributed by atoms with E-state index >= 15 is 0 Å². The number of benzene rings is 1. The molecule has 0 saturated heterocycles. The predicted octanol–water partition coefficient (Wildman–Crippen LogP) is 2.55. The molecule has 1 aromatic rings. The van der Waals surface area contributed by atoms with Gasteiger partial charge in [0.05, 0.1) is 10.7 Å². The zero-order chi connectivity index (χ0) is 16.2. The molecule has 0 radical (unpaired) electrons. The maximum absolute atomic E-state index is 13.0. The topological polar surface area (TPSA) is 95.5 Å². The van der Waals surface area contributed by atoms with Gasteiger partial charge in [-0.05, 0) is 32.0 Å². The Morgan fingerprint density at radius 3 is 2.38 bits per heavy atom. The second-order valence-electron chi connectivity index (χ2n) is 4.09. The Balaban J connectivity index is 2.79. The summed E-state index contributed by atoms with van der Waals surface area (Å²) < 4.78 is 13.0. The molecule has 6 nitrogen and oxygen atoms in total. The number of nitrogens with one attached hydrogen (secondary N) is 2. The Bertz CT molecular complexity index is 643. The number of urea groups is 1. The number of aliphatic carboxylic acids is 1. The Labute approximate surface area is 124 Å². The molecular weight excluding hydrogens is 303 g/mol. The van der Waals surface area contributed by atoms with E-state index in [4.69, 9.17) is 16.7 Å². The van der Waals surface area contributed by atoms with Gasteiger partial charge in [-0.15, -0.1) is 0 Å². The molecule has 0 unspecified atom stereocenters. The van der Waals surface area contributed by atoms with E-state index < -0.39 is 23.7 Å². The molecule has 3 amide bonds. The molecule has 1 rings (SSSR count). The number of halogens is 2. The smallest absolute Gasteiger partial charge is 0.331 e. The molecule has 112 valence electrons. The van der Waals surface area contributed by atoms with Gasteiger partial charge in [0.15, 0.2) is 0 Å². The van der Waals surface area contributed by atoms with Gasteiger partial charge in [0.25, 0.3) is 5.91 Å². The van der Waals surface area contributed by atoms with Crippen molar-refractivity contribution in [2.75, 3.05) is 5.32 Å². The van der Waals surface area contributed by atoms with E-state index in [1.54, 1.807) is 0 Å². The standard InChI is InChI=1S/C13H12ClFN2O4/c1-6(7(2)12(19)20)11(18)17-13(21)16-10-5-8(15)3-4-9(10)14/h3-5H,1-2H3,(H,19,20)(H2,16,17,18,21)/b7-6+. The molecule has 0 saturated carbocycles. The summed E-state index contributed by atoms with van der Waals surface area (Å²) in [4.78, 5) is 33.9. The van der Waals surface area contributed by atoms with Crippen LogP contribution in [0.3, 0.4) is 0 Å². The van der Waals surface area contributed by atoms with Crippen LogP contribution in [0.2, 0.25) is 5.02 Å². The summed E-state index contributed by atoms with van der Waals surface area (Å²) in [5, 5.41) is 12.9. The van der Waals surface area contributed by atoms with Gasteiger partial charge >= 0.3 is 12.0 Å². The average molecular weight is 315 g/mol. The van der Waals surface area contributed by atoms with Crippen molar-refractivity contribution in [1.29, 1.82) is 0 Å². The minimum atomic E-state index is -1.27. The van der Waals surface area contributed by atoms with E-state index in [0.717, 1.165) is 12.1 Å². The van der Waals surface area contributed by atoms with E-state index in [0.29, 0.717) is 0 Å². The van der Waals surface area contributed by atoms with Crippen LogP contribution in [0.25, 0.3) is 0 Å². The molecule has 0 spiro atoms. The molecule has 0 fully saturated rings. The second kappa shape index (κ2) is 6.85. The van der Waals surface area contributed by atoms with Crippen molar-refractivity contribution in [3.8, 4) is 0 Å². The Morgan fingerprint density at radius 2 is 1.81 bits per heavy atom. The minimum absolute atomic E-state index is 0.0152. The van der Waals surface area contributed by atoms with Crippen LogP contribution in [-0.4, -0.2) is 23.0 Å². The van der Waals surface area contributed by atoms with Crippen LogP contribution in [0, 0.1) is 5.82 Å². The van der Waals surface area contributed by atoms with Crippen LogP contribution < -0.4 is 10.6 Å². The number of anilines is 1. The normalized spacial score (nSPS) is 11.4. The first kappa shape index (κ1) is 16.6. The van der Waals surface area contributed by atoms with Gasteiger partial charge in [0.1, 0.15) is 5.82 Å². The van der Waals surface area contributed by atoms with Crippen molar-refractivity contribution in [1.82, 2.24) is 5.32 Å². The number of carboxylic acids is 1. The van der Waals surface area contributed by atoms with Crippen LogP contribution >= 0.6 is 11.6 Å². The fraction of sp³-hybridized carbons (Fsp3) is 0.154. The van der Waals surface area contributed by atoms with Crippen LogP contribution in [0.1, 0.15) is 13.8 Å². The minimum Gasteiger partial charge on any atom is -0.478 e. The summed E-state index contributed by atoms with van der Waals surface area (Å²) in [7, 11) is 0. The molecular formula is C13H12ClFN2O4.